The number of hydrogen-bond acceptors (Lipinski definition) is 4. The Bertz CT molecular complexity index is 1240. The van der Waals surface area contributed by atoms with E-state index in [2.05, 4.69) is 68.4 Å². The van der Waals surface area contributed by atoms with E-state index in [1.54, 1.807) is 35.0 Å². The summed E-state index contributed by atoms with van der Waals surface area (Å²) in [6.07, 6.45) is 17.2. The average molecular weight is 543 g/mol. The first-order valence-corrected chi connectivity index (χ1v) is 13.5. The maximum absolute atomic E-state index is 8.54. The van der Waals surface area contributed by atoms with Gasteiger partial charge in [0.05, 0.1) is 0 Å². The van der Waals surface area contributed by atoms with E-state index in [1.165, 1.54) is 78.7 Å². The van der Waals surface area contributed by atoms with Crippen LogP contribution in [0.25, 0.3) is 11.1 Å². The van der Waals surface area contributed by atoms with Crippen molar-refractivity contribution in [2.24, 2.45) is 0 Å². The molecule has 2 aliphatic rings. The summed E-state index contributed by atoms with van der Waals surface area (Å²) in [5, 5.41) is 17.1. The number of aromatic nitrogens is 2. The maximum atomic E-state index is 8.54. The number of benzene rings is 2. The van der Waals surface area contributed by atoms with Crippen molar-refractivity contribution in [3.63, 3.8) is 0 Å². The molecule has 0 saturated heterocycles. The predicted molar refractivity (Wildman–Crippen MR) is 151 cm³/mol. The van der Waals surface area contributed by atoms with Crippen molar-refractivity contribution in [3.05, 3.63) is 112 Å². The lowest BCUT2D eigenvalue weighted by molar-refractivity contribution is 0.425. The number of halogens is 1. The molecule has 0 bridgehead atoms. The van der Waals surface area contributed by atoms with Crippen molar-refractivity contribution < 1.29 is 10.0 Å². The fourth-order valence-electron chi connectivity index (χ4n) is 4.84. The summed E-state index contributed by atoms with van der Waals surface area (Å²) in [7, 11) is -1.40. The summed E-state index contributed by atoms with van der Waals surface area (Å²) in [6, 6.07) is 20.6. The summed E-state index contributed by atoms with van der Waals surface area (Å²) in [6.45, 7) is 0. The van der Waals surface area contributed by atoms with E-state index >= 15 is 0 Å². The van der Waals surface area contributed by atoms with Crippen LogP contribution in [0.1, 0.15) is 47.9 Å². The minimum Gasteiger partial charge on any atom is -0.423 e. The number of nitrogens with zero attached hydrogens (tertiary/aromatic N) is 2. The van der Waals surface area contributed by atoms with E-state index in [0.717, 1.165) is 0 Å². The van der Waals surface area contributed by atoms with Crippen LogP contribution in [0.4, 0.5) is 0 Å². The van der Waals surface area contributed by atoms with Gasteiger partial charge < -0.3 is 10.0 Å². The Morgan fingerprint density at radius 3 is 1.83 bits per heavy atom. The van der Waals surface area contributed by atoms with Gasteiger partial charge in [0.1, 0.15) is 0 Å². The van der Waals surface area contributed by atoms with Crippen molar-refractivity contribution in [1.82, 2.24) is 9.97 Å². The van der Waals surface area contributed by atoms with E-state index < -0.39 is 7.12 Å². The number of rotatable bonds is 2. The van der Waals surface area contributed by atoms with Crippen molar-refractivity contribution in [2.75, 3.05) is 0 Å². The van der Waals surface area contributed by atoms with Crippen LogP contribution >= 0.6 is 15.9 Å². The van der Waals surface area contributed by atoms with Crippen molar-refractivity contribution in [2.45, 2.75) is 51.4 Å². The first kappa shape index (κ1) is 26.3. The number of pyridine rings is 2. The molecule has 0 amide bonds. The minimum atomic E-state index is -1.40. The van der Waals surface area contributed by atoms with Gasteiger partial charge in [-0.25, -0.2) is 0 Å². The van der Waals surface area contributed by atoms with E-state index in [1.807, 2.05) is 18.5 Å². The third-order valence-electron chi connectivity index (χ3n) is 6.69. The molecular weight excluding hydrogens is 511 g/mol. The van der Waals surface area contributed by atoms with Gasteiger partial charge in [0.25, 0.3) is 0 Å². The van der Waals surface area contributed by atoms with Crippen LogP contribution in [-0.4, -0.2) is 27.1 Å². The largest absolute Gasteiger partial charge is 0.490 e. The molecule has 184 valence electrons. The van der Waals surface area contributed by atoms with Crippen LogP contribution in [0.3, 0.4) is 0 Å². The van der Waals surface area contributed by atoms with Crippen molar-refractivity contribution in [1.29, 1.82) is 0 Å². The molecule has 6 heteroatoms. The van der Waals surface area contributed by atoms with Gasteiger partial charge in [-0.3, -0.25) is 9.97 Å². The fraction of sp³-hybridized carbons (Fsp3) is 0.267. The van der Waals surface area contributed by atoms with Crippen LogP contribution in [0.2, 0.25) is 0 Å². The van der Waals surface area contributed by atoms with Gasteiger partial charge in [-0.05, 0) is 97.4 Å². The molecule has 4 nitrogen and oxygen atoms in total. The van der Waals surface area contributed by atoms with E-state index in [9.17, 15) is 0 Å². The lowest BCUT2D eigenvalue weighted by Gasteiger charge is -2.19. The number of aryl methyl sites for hydroxylation is 2. The molecule has 0 saturated carbocycles. The molecule has 0 spiro atoms. The molecule has 2 heterocycles. The third-order valence-corrected chi connectivity index (χ3v) is 7.43. The monoisotopic (exact) mass is 542 g/mol. The standard InChI is InChI=1S/C15H15N.C10H11Br.C5H6BNO2/c1-2-8-14-12(5-1)6-3-9-15(14)13-7-4-10-16-11-13;11-10-7-3-5-8-4-1-2-6-9(8)10;8-6(9)5-2-1-3-7-4-5/h3-4,6-7,9-11H,1-2,5,8H2;3,5,7H,1-2,4,6H2;1-4,8-9H. The lowest BCUT2D eigenvalue weighted by Crippen LogP contribution is -2.29. The van der Waals surface area contributed by atoms with Gasteiger partial charge in [0.15, 0.2) is 0 Å². The highest BCUT2D eigenvalue weighted by atomic mass is 79.9. The van der Waals surface area contributed by atoms with Gasteiger partial charge in [-0.2, -0.15) is 0 Å². The Morgan fingerprint density at radius 2 is 1.25 bits per heavy atom. The summed E-state index contributed by atoms with van der Waals surface area (Å²) >= 11 is 3.58. The van der Waals surface area contributed by atoms with Gasteiger partial charge in [0.2, 0.25) is 0 Å². The van der Waals surface area contributed by atoms with Gasteiger partial charge in [0, 0.05) is 40.3 Å². The molecule has 2 N–H and O–H groups in total. The van der Waals surface area contributed by atoms with Gasteiger partial charge >= 0.3 is 7.12 Å². The van der Waals surface area contributed by atoms with E-state index in [-0.39, 0.29) is 0 Å². The summed E-state index contributed by atoms with van der Waals surface area (Å²) < 4.78 is 1.30. The zero-order chi connectivity index (χ0) is 25.2. The second-order valence-corrected chi connectivity index (χ2v) is 9.99. The number of fused-ring (bicyclic) bond motifs is 2. The molecule has 2 aliphatic carbocycles. The van der Waals surface area contributed by atoms with Crippen LogP contribution in [0.15, 0.2) is 89.9 Å². The highest BCUT2D eigenvalue weighted by molar-refractivity contribution is 9.10. The molecule has 2 aromatic carbocycles. The molecule has 36 heavy (non-hydrogen) atoms. The summed E-state index contributed by atoms with van der Waals surface area (Å²) in [5.74, 6) is 0. The van der Waals surface area contributed by atoms with Gasteiger partial charge in [-0.1, -0.05) is 58.4 Å². The third kappa shape index (κ3) is 7.13. The summed E-state index contributed by atoms with van der Waals surface area (Å²) in [4.78, 5) is 7.90. The molecule has 0 aliphatic heterocycles. The number of hydrogen-bond donors (Lipinski definition) is 2. The molecule has 2 aromatic heterocycles. The smallest absolute Gasteiger partial charge is 0.423 e. The Kier molecular flexibility index (Phi) is 9.85. The van der Waals surface area contributed by atoms with E-state index in [4.69, 9.17) is 10.0 Å². The first-order valence-electron chi connectivity index (χ1n) is 12.7. The molecule has 0 atom stereocenters. The topological polar surface area (TPSA) is 66.2 Å². The zero-order valence-corrected chi connectivity index (χ0v) is 22.1. The quantitative estimate of drug-likeness (QED) is 0.318. The van der Waals surface area contributed by atoms with Crippen molar-refractivity contribution in [3.8, 4) is 11.1 Å². The molecular formula is C30H32BBrN2O2. The lowest BCUT2D eigenvalue weighted by atomic mass is 9.82. The summed E-state index contributed by atoms with van der Waals surface area (Å²) in [5.41, 5.74) is 9.21. The molecule has 6 rings (SSSR count). The highest BCUT2D eigenvalue weighted by Crippen LogP contribution is 2.31. The molecule has 0 fully saturated rings. The maximum Gasteiger partial charge on any atom is 0.490 e. The Hall–Kier alpha value is -2.80. The van der Waals surface area contributed by atoms with Gasteiger partial charge in [-0.15, -0.1) is 0 Å². The molecule has 0 radical (unpaired) electrons. The first-order chi connectivity index (χ1) is 17.6. The second-order valence-electron chi connectivity index (χ2n) is 9.14. The average Bonchev–Trinajstić information content (AvgIpc) is 2.95. The molecule has 4 aromatic rings. The zero-order valence-electron chi connectivity index (χ0n) is 20.5. The normalized spacial score (nSPS) is 13.6. The van der Waals surface area contributed by atoms with E-state index in [0.29, 0.717) is 5.46 Å². The van der Waals surface area contributed by atoms with Crippen LogP contribution < -0.4 is 5.46 Å². The fourth-order valence-corrected chi connectivity index (χ4v) is 5.44. The Labute approximate surface area is 222 Å². The SMILES string of the molecule is Brc1cccc2c1CCCC2.OB(O)c1cccnc1.c1cncc(-c2cccc3c2CCCC3)c1. The minimum absolute atomic E-state index is 0.414. The van der Waals surface area contributed by atoms with Crippen LogP contribution in [0, 0.1) is 0 Å². The van der Waals surface area contributed by atoms with Crippen LogP contribution in [-0.2, 0) is 25.7 Å². The Balaban J connectivity index is 0.000000134. The van der Waals surface area contributed by atoms with Crippen LogP contribution in [0.5, 0.6) is 0 Å². The predicted octanol–water partition coefficient (Wildman–Crippen LogP) is 5.72. The van der Waals surface area contributed by atoms with Crippen molar-refractivity contribution >= 4 is 28.5 Å². The second kappa shape index (κ2) is 13.5. The Morgan fingerprint density at radius 1 is 0.639 bits per heavy atom. The highest BCUT2D eigenvalue weighted by Gasteiger charge is 2.13. The molecule has 0 unspecified atom stereocenters.